The van der Waals surface area contributed by atoms with Crippen LogP contribution in [0.3, 0.4) is 0 Å². The maximum Gasteiger partial charge on any atom is 0.321 e. The van der Waals surface area contributed by atoms with Gasteiger partial charge in [-0.15, -0.1) is 20.4 Å². The summed E-state index contributed by atoms with van der Waals surface area (Å²) < 4.78 is 1.80. The molecule has 0 bridgehead atoms. The molecular formula is C15H12N8OS. The van der Waals surface area contributed by atoms with E-state index in [1.54, 1.807) is 16.9 Å². The van der Waals surface area contributed by atoms with Crippen LogP contribution in [0.1, 0.15) is 5.56 Å². The molecule has 0 aliphatic rings. The third-order valence-corrected chi connectivity index (χ3v) is 4.21. The molecule has 4 heterocycles. The van der Waals surface area contributed by atoms with E-state index in [1.807, 2.05) is 36.5 Å². The van der Waals surface area contributed by atoms with Crippen LogP contribution in [0.25, 0.3) is 16.3 Å². The lowest BCUT2D eigenvalue weighted by molar-refractivity contribution is 0.251. The van der Waals surface area contributed by atoms with Crippen molar-refractivity contribution in [3.63, 3.8) is 0 Å². The molecule has 0 atom stereocenters. The highest BCUT2D eigenvalue weighted by Crippen LogP contribution is 2.24. The molecule has 0 spiro atoms. The molecule has 124 valence electrons. The minimum Gasteiger partial charge on any atom is -0.334 e. The van der Waals surface area contributed by atoms with Crippen molar-refractivity contribution >= 4 is 28.1 Å². The van der Waals surface area contributed by atoms with E-state index in [2.05, 4.69) is 36.0 Å². The zero-order valence-electron chi connectivity index (χ0n) is 12.8. The highest BCUT2D eigenvalue weighted by atomic mass is 32.1. The van der Waals surface area contributed by atoms with Gasteiger partial charge in [-0.25, -0.2) is 4.79 Å². The molecule has 0 aliphatic carbocycles. The summed E-state index contributed by atoms with van der Waals surface area (Å²) >= 11 is 1.26. The van der Waals surface area contributed by atoms with Gasteiger partial charge in [-0.05, 0) is 29.8 Å². The quantitative estimate of drug-likeness (QED) is 0.581. The van der Waals surface area contributed by atoms with Gasteiger partial charge in [0, 0.05) is 18.9 Å². The zero-order chi connectivity index (χ0) is 17.1. The lowest BCUT2D eigenvalue weighted by atomic mass is 10.2. The Balaban J connectivity index is 1.36. The topological polar surface area (TPSA) is 110 Å². The van der Waals surface area contributed by atoms with Gasteiger partial charge in [0.1, 0.15) is 12.0 Å². The fraction of sp³-hybridized carbons (Fsp3) is 0.0667. The molecule has 4 aromatic heterocycles. The standard InChI is InChI=1S/C15H12N8OS/c24-14(17-8-10-4-6-23-9-18-20-12(23)7-10)19-15-22-21-13(25-15)11-3-1-2-5-16-11/h1-7,9H,8H2,(H2,17,19,22,24). The number of carbonyl (C=O) groups is 1. The minimum atomic E-state index is -0.356. The second kappa shape index (κ2) is 6.61. The molecule has 2 N–H and O–H groups in total. The number of aromatic nitrogens is 6. The van der Waals surface area contributed by atoms with Crippen LogP contribution in [0.2, 0.25) is 0 Å². The molecule has 0 fully saturated rings. The summed E-state index contributed by atoms with van der Waals surface area (Å²) in [5, 5.41) is 22.3. The molecular weight excluding hydrogens is 340 g/mol. The van der Waals surface area contributed by atoms with Crippen LogP contribution in [-0.4, -0.2) is 35.8 Å². The summed E-state index contributed by atoms with van der Waals surface area (Å²) in [6.07, 6.45) is 5.14. The normalized spacial score (nSPS) is 10.7. The first-order valence-corrected chi connectivity index (χ1v) is 8.17. The van der Waals surface area contributed by atoms with Gasteiger partial charge in [0.15, 0.2) is 10.7 Å². The summed E-state index contributed by atoms with van der Waals surface area (Å²) in [6.45, 7) is 0.362. The summed E-state index contributed by atoms with van der Waals surface area (Å²) in [4.78, 5) is 16.2. The number of rotatable bonds is 4. The van der Waals surface area contributed by atoms with Crippen LogP contribution in [0.4, 0.5) is 9.93 Å². The van der Waals surface area contributed by atoms with E-state index in [4.69, 9.17) is 0 Å². The van der Waals surface area contributed by atoms with Crippen LogP contribution in [0.5, 0.6) is 0 Å². The summed E-state index contributed by atoms with van der Waals surface area (Å²) in [6, 6.07) is 8.93. The monoisotopic (exact) mass is 352 g/mol. The lowest BCUT2D eigenvalue weighted by Gasteiger charge is -2.05. The number of anilines is 1. The van der Waals surface area contributed by atoms with Crippen molar-refractivity contribution < 1.29 is 4.79 Å². The molecule has 10 heteroatoms. The highest BCUT2D eigenvalue weighted by Gasteiger charge is 2.10. The van der Waals surface area contributed by atoms with E-state index in [-0.39, 0.29) is 6.03 Å². The van der Waals surface area contributed by atoms with E-state index < -0.39 is 0 Å². The summed E-state index contributed by atoms with van der Waals surface area (Å²) in [5.41, 5.74) is 2.36. The smallest absolute Gasteiger partial charge is 0.321 e. The largest absolute Gasteiger partial charge is 0.334 e. The molecule has 0 aromatic carbocycles. The molecule has 0 aliphatic heterocycles. The molecule has 0 saturated carbocycles. The van der Waals surface area contributed by atoms with Crippen LogP contribution in [0.15, 0.2) is 49.1 Å². The van der Waals surface area contributed by atoms with Gasteiger partial charge >= 0.3 is 6.03 Å². The van der Waals surface area contributed by atoms with Crippen molar-refractivity contribution in [3.05, 3.63) is 54.6 Å². The summed E-state index contributed by atoms with van der Waals surface area (Å²) in [5.74, 6) is 0. The van der Waals surface area contributed by atoms with Crippen LogP contribution in [-0.2, 0) is 6.54 Å². The first-order chi connectivity index (χ1) is 12.3. The first-order valence-electron chi connectivity index (χ1n) is 7.36. The minimum absolute atomic E-state index is 0.356. The van der Waals surface area contributed by atoms with Gasteiger partial charge in [0.25, 0.3) is 0 Å². The summed E-state index contributed by atoms with van der Waals surface area (Å²) in [7, 11) is 0. The van der Waals surface area contributed by atoms with Gasteiger partial charge in [-0.2, -0.15) is 0 Å². The molecule has 2 amide bonds. The number of pyridine rings is 2. The van der Waals surface area contributed by atoms with Gasteiger partial charge < -0.3 is 5.32 Å². The third kappa shape index (κ3) is 3.43. The van der Waals surface area contributed by atoms with E-state index in [1.165, 1.54) is 11.3 Å². The van der Waals surface area contributed by atoms with E-state index in [0.29, 0.717) is 16.7 Å². The Labute approximate surface area is 145 Å². The second-order valence-corrected chi connectivity index (χ2v) is 6.04. The number of hydrogen-bond donors (Lipinski definition) is 2. The third-order valence-electron chi connectivity index (χ3n) is 3.35. The first kappa shape index (κ1) is 15.1. The average molecular weight is 352 g/mol. The molecule has 0 unspecified atom stereocenters. The van der Waals surface area contributed by atoms with Gasteiger partial charge in [0.05, 0.1) is 0 Å². The predicted octanol–water partition coefficient (Wildman–Crippen LogP) is 1.96. The van der Waals surface area contributed by atoms with Crippen molar-refractivity contribution in [2.24, 2.45) is 0 Å². The number of nitrogens with one attached hydrogen (secondary N) is 2. The molecule has 4 aromatic rings. The van der Waals surface area contributed by atoms with Crippen LogP contribution < -0.4 is 10.6 Å². The number of amides is 2. The van der Waals surface area contributed by atoms with Crippen molar-refractivity contribution in [3.8, 4) is 10.7 Å². The van der Waals surface area contributed by atoms with Gasteiger partial charge in [-0.1, -0.05) is 17.4 Å². The number of carbonyl (C=O) groups excluding carboxylic acids is 1. The predicted molar refractivity (Wildman–Crippen MR) is 92.0 cm³/mol. The number of fused-ring (bicyclic) bond motifs is 1. The highest BCUT2D eigenvalue weighted by molar-refractivity contribution is 7.18. The van der Waals surface area contributed by atoms with Crippen molar-refractivity contribution in [1.29, 1.82) is 0 Å². The molecule has 25 heavy (non-hydrogen) atoms. The van der Waals surface area contributed by atoms with Gasteiger partial charge in [0.2, 0.25) is 5.13 Å². The van der Waals surface area contributed by atoms with Crippen molar-refractivity contribution in [2.75, 3.05) is 5.32 Å². The maximum atomic E-state index is 12.0. The Kier molecular flexibility index (Phi) is 4.01. The Morgan fingerprint density at radius 3 is 3.04 bits per heavy atom. The second-order valence-electron chi connectivity index (χ2n) is 5.07. The SMILES string of the molecule is O=C(NCc1ccn2cnnc2c1)Nc1nnc(-c2ccccn2)s1. The average Bonchev–Trinajstić information content (AvgIpc) is 3.29. The Hall–Kier alpha value is -3.40. The van der Waals surface area contributed by atoms with E-state index in [9.17, 15) is 4.79 Å². The van der Waals surface area contributed by atoms with E-state index in [0.717, 1.165) is 16.9 Å². The number of hydrogen-bond acceptors (Lipinski definition) is 7. The van der Waals surface area contributed by atoms with Gasteiger partial charge in [-0.3, -0.25) is 14.7 Å². The molecule has 9 nitrogen and oxygen atoms in total. The number of urea groups is 1. The molecule has 0 saturated heterocycles. The van der Waals surface area contributed by atoms with Crippen LogP contribution >= 0.6 is 11.3 Å². The van der Waals surface area contributed by atoms with Crippen LogP contribution in [0, 0.1) is 0 Å². The Bertz CT molecular complexity index is 1010. The maximum absolute atomic E-state index is 12.0. The zero-order valence-corrected chi connectivity index (χ0v) is 13.6. The van der Waals surface area contributed by atoms with Crippen molar-refractivity contribution in [1.82, 2.24) is 35.1 Å². The van der Waals surface area contributed by atoms with E-state index >= 15 is 0 Å². The molecule has 4 rings (SSSR count). The molecule has 0 radical (unpaired) electrons. The Morgan fingerprint density at radius 2 is 2.16 bits per heavy atom. The van der Waals surface area contributed by atoms with Crippen molar-refractivity contribution in [2.45, 2.75) is 6.54 Å². The number of nitrogens with zero attached hydrogens (tertiary/aromatic N) is 6. The Morgan fingerprint density at radius 1 is 1.20 bits per heavy atom. The lowest BCUT2D eigenvalue weighted by Crippen LogP contribution is -2.28. The fourth-order valence-electron chi connectivity index (χ4n) is 2.16. The fourth-order valence-corrected chi connectivity index (χ4v) is 2.88.